The van der Waals surface area contributed by atoms with Crippen molar-refractivity contribution < 1.29 is 0 Å². The van der Waals surface area contributed by atoms with Crippen LogP contribution in [-0.2, 0) is 0 Å². The minimum atomic E-state index is 1.02. The quantitative estimate of drug-likeness (QED) is 0.0614. The van der Waals surface area contributed by atoms with Gasteiger partial charge in [0.1, 0.15) is 0 Å². The van der Waals surface area contributed by atoms with E-state index in [-0.39, 0.29) is 0 Å². The number of unbranched alkanes of at least 4 members (excludes halogenated alkanes) is 30. The molecule has 0 aliphatic heterocycles. The van der Waals surface area contributed by atoms with E-state index in [2.05, 4.69) is 32.5 Å². The van der Waals surface area contributed by atoms with Crippen LogP contribution in [0, 0.1) is 5.92 Å². The van der Waals surface area contributed by atoms with Gasteiger partial charge in [-0.3, -0.25) is 0 Å². The highest BCUT2D eigenvalue weighted by atomic mass is 32.2. The summed E-state index contributed by atoms with van der Waals surface area (Å²) in [7, 11) is 0. The zero-order valence-corrected chi connectivity index (χ0v) is 31.7. The lowest BCUT2D eigenvalue weighted by molar-refractivity contribution is 0.394. The van der Waals surface area contributed by atoms with Gasteiger partial charge in [0.05, 0.1) is 0 Å². The van der Waals surface area contributed by atoms with Gasteiger partial charge in [0.2, 0.25) is 0 Å². The van der Waals surface area contributed by atoms with E-state index in [1.54, 1.807) is 0 Å². The average molecular weight is 623 g/mol. The fraction of sp³-hybridized carbons (Fsp3) is 1.00. The van der Waals surface area contributed by atoms with Crippen LogP contribution in [0.1, 0.15) is 252 Å². The maximum atomic E-state index is 2.33. The van der Waals surface area contributed by atoms with E-state index >= 15 is 0 Å². The van der Waals surface area contributed by atoms with E-state index in [0.717, 1.165) is 5.92 Å². The lowest BCUT2D eigenvalue weighted by Crippen LogP contribution is -2.03. The predicted octanol–water partition coefficient (Wildman–Crippen LogP) is 16.4. The number of thioether (sulfide) groups is 1. The highest BCUT2D eigenvalue weighted by Crippen LogP contribution is 2.24. The van der Waals surface area contributed by atoms with Gasteiger partial charge in [-0.25, -0.2) is 0 Å². The number of hydrogen-bond acceptors (Lipinski definition) is 1. The van der Waals surface area contributed by atoms with Gasteiger partial charge in [-0.05, 0) is 30.3 Å². The summed E-state index contributed by atoms with van der Waals surface area (Å²) in [5.74, 6) is 3.80. The zero-order chi connectivity index (χ0) is 31.2. The molecule has 0 rings (SSSR count). The molecule has 0 saturated carbocycles. The minimum absolute atomic E-state index is 1.02. The normalized spacial score (nSPS) is 11.7. The molecule has 0 aromatic rings. The first-order valence-electron chi connectivity index (χ1n) is 20.9. The van der Waals surface area contributed by atoms with E-state index in [0.29, 0.717) is 0 Å². The molecule has 0 radical (unpaired) electrons. The van der Waals surface area contributed by atoms with Crippen molar-refractivity contribution in [2.45, 2.75) is 252 Å². The van der Waals surface area contributed by atoms with Crippen molar-refractivity contribution >= 4 is 11.8 Å². The van der Waals surface area contributed by atoms with Crippen LogP contribution in [-0.4, -0.2) is 11.5 Å². The predicted molar refractivity (Wildman–Crippen MR) is 204 cm³/mol. The third-order valence-corrected chi connectivity index (χ3v) is 11.2. The first kappa shape index (κ1) is 43.4. The molecule has 0 unspecified atom stereocenters. The first-order chi connectivity index (χ1) is 21.3. The smallest absolute Gasteiger partial charge is 0.00649 e. The molecule has 0 bridgehead atoms. The topological polar surface area (TPSA) is 0 Å². The highest BCUT2D eigenvalue weighted by Gasteiger charge is 2.09. The van der Waals surface area contributed by atoms with Crippen LogP contribution in [0.4, 0.5) is 0 Å². The van der Waals surface area contributed by atoms with Gasteiger partial charge in [0.25, 0.3) is 0 Å². The maximum absolute atomic E-state index is 2.33. The van der Waals surface area contributed by atoms with E-state index in [9.17, 15) is 0 Å². The summed E-state index contributed by atoms with van der Waals surface area (Å²) in [6.07, 6.45) is 53.2. The van der Waals surface area contributed by atoms with Gasteiger partial charge in [-0.15, -0.1) is 0 Å². The lowest BCUT2D eigenvalue weighted by Gasteiger charge is -2.17. The summed E-state index contributed by atoms with van der Waals surface area (Å²) in [5.41, 5.74) is 0. The monoisotopic (exact) mass is 623 g/mol. The van der Waals surface area contributed by atoms with Crippen LogP contribution >= 0.6 is 11.8 Å². The van der Waals surface area contributed by atoms with E-state index in [1.165, 1.54) is 243 Å². The molecular weight excluding hydrogens is 537 g/mol. The van der Waals surface area contributed by atoms with Crippen LogP contribution in [0.5, 0.6) is 0 Å². The molecule has 0 saturated heterocycles. The standard InChI is InChI=1S/C42H86S/c1-4-7-9-11-13-15-17-19-21-23-25-27-29-31-33-35-37-42(39-41-43-40-6-3)38-36-34-32-30-28-26-24-22-20-18-16-14-12-10-8-5-2/h42H,4-41H2,1-3H3. The van der Waals surface area contributed by atoms with Crippen LogP contribution in [0.15, 0.2) is 0 Å². The fourth-order valence-corrected chi connectivity index (χ4v) is 7.88. The van der Waals surface area contributed by atoms with E-state index in [1.807, 2.05) is 0 Å². The lowest BCUT2D eigenvalue weighted by atomic mass is 9.92. The molecule has 43 heavy (non-hydrogen) atoms. The van der Waals surface area contributed by atoms with Crippen LogP contribution in [0.25, 0.3) is 0 Å². The van der Waals surface area contributed by atoms with Gasteiger partial charge in [-0.1, -0.05) is 239 Å². The zero-order valence-electron chi connectivity index (χ0n) is 30.9. The van der Waals surface area contributed by atoms with Gasteiger partial charge < -0.3 is 0 Å². The molecule has 0 nitrogen and oxygen atoms in total. The molecule has 0 aromatic carbocycles. The van der Waals surface area contributed by atoms with Crippen molar-refractivity contribution in [3.8, 4) is 0 Å². The van der Waals surface area contributed by atoms with Crippen molar-refractivity contribution in [1.82, 2.24) is 0 Å². The summed E-state index contributed by atoms with van der Waals surface area (Å²) in [6.45, 7) is 6.96. The SMILES string of the molecule is CCCCCCCCCCCCCCCCCCC(CCCCCCCCCCCCCCCCCC)CCSCCC. The highest BCUT2D eigenvalue weighted by molar-refractivity contribution is 7.99. The molecule has 0 spiro atoms. The minimum Gasteiger partial charge on any atom is -0.162 e. The van der Waals surface area contributed by atoms with Crippen LogP contribution in [0.3, 0.4) is 0 Å². The number of hydrogen-bond donors (Lipinski definition) is 0. The Kier molecular flexibility index (Phi) is 40.7. The third-order valence-electron chi connectivity index (χ3n) is 9.95. The van der Waals surface area contributed by atoms with Crippen molar-refractivity contribution in [3.63, 3.8) is 0 Å². The first-order valence-corrected chi connectivity index (χ1v) is 22.1. The molecule has 0 heterocycles. The summed E-state index contributed by atoms with van der Waals surface area (Å²) < 4.78 is 0. The molecule has 0 aromatic heterocycles. The molecule has 0 fully saturated rings. The second-order valence-corrected chi connectivity index (χ2v) is 15.7. The Morgan fingerprint density at radius 1 is 0.256 bits per heavy atom. The summed E-state index contributed by atoms with van der Waals surface area (Å²) >= 11 is 2.21. The fourth-order valence-electron chi connectivity index (χ4n) is 6.89. The van der Waals surface area contributed by atoms with E-state index < -0.39 is 0 Å². The molecule has 0 aliphatic rings. The van der Waals surface area contributed by atoms with E-state index in [4.69, 9.17) is 0 Å². The number of rotatable bonds is 39. The molecule has 260 valence electrons. The Balaban J connectivity index is 3.60. The molecule has 1 heteroatoms. The van der Waals surface area contributed by atoms with Crippen LogP contribution in [0.2, 0.25) is 0 Å². The average Bonchev–Trinajstić information content (AvgIpc) is 3.02. The molecule has 0 amide bonds. The summed E-state index contributed by atoms with van der Waals surface area (Å²) in [4.78, 5) is 0. The molecular formula is C42H86S. The molecule has 0 aliphatic carbocycles. The Labute approximate surface area is 280 Å². The van der Waals surface area contributed by atoms with Crippen molar-refractivity contribution in [3.05, 3.63) is 0 Å². The van der Waals surface area contributed by atoms with Crippen molar-refractivity contribution in [1.29, 1.82) is 0 Å². The van der Waals surface area contributed by atoms with Crippen LogP contribution < -0.4 is 0 Å². The van der Waals surface area contributed by atoms with Crippen molar-refractivity contribution in [2.75, 3.05) is 11.5 Å². The van der Waals surface area contributed by atoms with Gasteiger partial charge >= 0.3 is 0 Å². The largest absolute Gasteiger partial charge is 0.162 e. The Morgan fingerprint density at radius 3 is 0.767 bits per heavy atom. The Bertz CT molecular complexity index is 424. The molecule has 0 atom stereocenters. The molecule has 0 N–H and O–H groups in total. The van der Waals surface area contributed by atoms with Gasteiger partial charge in [0.15, 0.2) is 0 Å². The second kappa shape index (κ2) is 40.4. The van der Waals surface area contributed by atoms with Gasteiger partial charge in [0, 0.05) is 0 Å². The Morgan fingerprint density at radius 2 is 0.512 bits per heavy atom. The van der Waals surface area contributed by atoms with Gasteiger partial charge in [-0.2, -0.15) is 11.8 Å². The van der Waals surface area contributed by atoms with Crippen molar-refractivity contribution in [2.24, 2.45) is 5.92 Å². The maximum Gasteiger partial charge on any atom is -0.00649 e. The Hall–Kier alpha value is 0.350. The third kappa shape index (κ3) is 38.4. The summed E-state index contributed by atoms with van der Waals surface area (Å²) in [6, 6.07) is 0. The summed E-state index contributed by atoms with van der Waals surface area (Å²) in [5, 5.41) is 0. The second-order valence-electron chi connectivity index (χ2n) is 14.5.